The summed E-state index contributed by atoms with van der Waals surface area (Å²) in [5, 5.41) is 0.372. The minimum atomic E-state index is 0.372. The maximum absolute atomic E-state index is 6.16. The van der Waals surface area contributed by atoms with Crippen molar-refractivity contribution in [1.82, 2.24) is 14.8 Å². The summed E-state index contributed by atoms with van der Waals surface area (Å²) in [6.45, 7) is 3.56. The number of hydrogen-bond acceptors (Lipinski definition) is 5. The van der Waals surface area contributed by atoms with Crippen LogP contribution in [-0.2, 0) is 0 Å². The predicted octanol–water partition coefficient (Wildman–Crippen LogP) is 1.90. The van der Waals surface area contributed by atoms with Crippen molar-refractivity contribution in [3.63, 3.8) is 0 Å². The molecule has 5 nitrogen and oxygen atoms in total. The summed E-state index contributed by atoms with van der Waals surface area (Å²) >= 11 is 6.16. The molecule has 0 saturated carbocycles. The summed E-state index contributed by atoms with van der Waals surface area (Å²) in [6.07, 6.45) is 4.00. The number of aromatic nitrogens is 1. The zero-order valence-electron chi connectivity index (χ0n) is 12.6. The van der Waals surface area contributed by atoms with Gasteiger partial charge >= 0.3 is 0 Å². The Bertz CT molecular complexity index is 500. The summed E-state index contributed by atoms with van der Waals surface area (Å²) in [5.41, 5.74) is 0. The highest BCUT2D eigenvalue weighted by Crippen LogP contribution is 2.34. The van der Waals surface area contributed by atoms with Gasteiger partial charge in [0.05, 0.1) is 0 Å². The maximum Gasteiger partial charge on any atom is 0.198 e. The van der Waals surface area contributed by atoms with Crippen LogP contribution in [0.5, 0.6) is 11.5 Å². The third-order valence-corrected chi connectivity index (χ3v) is 4.82. The Morgan fingerprint density at radius 2 is 1.76 bits per heavy atom. The molecule has 116 valence electrons. The molecule has 2 saturated heterocycles. The van der Waals surface area contributed by atoms with Gasteiger partial charge in [-0.05, 0) is 40.0 Å². The summed E-state index contributed by atoms with van der Waals surface area (Å²) in [7, 11) is 4.22. The lowest BCUT2D eigenvalue weighted by Gasteiger charge is -2.38. The molecule has 3 rings (SSSR count). The Morgan fingerprint density at radius 3 is 2.29 bits per heavy atom. The fourth-order valence-electron chi connectivity index (χ4n) is 2.58. The van der Waals surface area contributed by atoms with Crippen LogP contribution < -0.4 is 9.47 Å². The zero-order valence-corrected chi connectivity index (χ0v) is 13.3. The molecule has 0 aliphatic carbocycles. The number of ether oxygens (including phenoxy) is 2. The van der Waals surface area contributed by atoms with Gasteiger partial charge in [0, 0.05) is 24.3 Å². The fourth-order valence-corrected chi connectivity index (χ4v) is 2.78. The van der Waals surface area contributed by atoms with Crippen LogP contribution in [0.3, 0.4) is 0 Å². The Morgan fingerprint density at radius 1 is 1.14 bits per heavy atom. The van der Waals surface area contributed by atoms with Crippen molar-refractivity contribution in [2.45, 2.75) is 24.9 Å². The van der Waals surface area contributed by atoms with E-state index in [1.165, 1.54) is 6.42 Å². The van der Waals surface area contributed by atoms with Crippen molar-refractivity contribution in [3.8, 4) is 11.5 Å². The molecule has 0 unspecified atom stereocenters. The van der Waals surface area contributed by atoms with Gasteiger partial charge in [0.25, 0.3) is 0 Å². The Balaban J connectivity index is 1.60. The van der Waals surface area contributed by atoms with Crippen LogP contribution in [0.1, 0.15) is 12.8 Å². The van der Waals surface area contributed by atoms with Crippen LogP contribution in [0.2, 0.25) is 5.15 Å². The number of likely N-dealkylation sites (tertiary alicyclic amines) is 2. The largest absolute Gasteiger partial charge is 0.488 e. The first-order valence-corrected chi connectivity index (χ1v) is 7.83. The second-order valence-corrected chi connectivity index (χ2v) is 6.26. The van der Waals surface area contributed by atoms with E-state index in [4.69, 9.17) is 21.1 Å². The molecule has 6 heteroatoms. The van der Waals surface area contributed by atoms with E-state index in [1.54, 1.807) is 6.20 Å². The van der Waals surface area contributed by atoms with Crippen molar-refractivity contribution in [2.24, 2.45) is 0 Å². The highest BCUT2D eigenvalue weighted by atomic mass is 35.5. The molecule has 21 heavy (non-hydrogen) atoms. The number of rotatable bonds is 6. The lowest BCUT2D eigenvalue weighted by atomic mass is 10.1. The molecule has 0 N–H and O–H groups in total. The van der Waals surface area contributed by atoms with Crippen LogP contribution >= 0.6 is 11.6 Å². The highest BCUT2D eigenvalue weighted by molar-refractivity contribution is 6.31. The van der Waals surface area contributed by atoms with E-state index in [2.05, 4.69) is 28.9 Å². The quantitative estimate of drug-likeness (QED) is 0.750. The summed E-state index contributed by atoms with van der Waals surface area (Å²) in [4.78, 5) is 8.65. The molecule has 2 atom stereocenters. The van der Waals surface area contributed by atoms with E-state index < -0.39 is 0 Å². The number of hydrogen-bond donors (Lipinski definition) is 0. The van der Waals surface area contributed by atoms with E-state index in [-0.39, 0.29) is 0 Å². The van der Waals surface area contributed by atoms with Crippen LogP contribution in [0, 0.1) is 0 Å². The lowest BCUT2D eigenvalue weighted by Crippen LogP contribution is -2.48. The molecule has 3 heterocycles. The second-order valence-electron chi connectivity index (χ2n) is 5.90. The van der Waals surface area contributed by atoms with Crippen LogP contribution in [0.4, 0.5) is 0 Å². The lowest BCUT2D eigenvalue weighted by molar-refractivity contribution is 0.0662. The normalized spacial score (nSPS) is 26.0. The smallest absolute Gasteiger partial charge is 0.198 e. The first-order chi connectivity index (χ1) is 10.1. The van der Waals surface area contributed by atoms with Crippen LogP contribution in [0.25, 0.3) is 0 Å². The van der Waals surface area contributed by atoms with Crippen molar-refractivity contribution in [2.75, 3.05) is 40.4 Å². The Labute approximate surface area is 130 Å². The second kappa shape index (κ2) is 6.38. The third-order valence-electron chi connectivity index (χ3n) is 4.55. The molecule has 1 aromatic rings. The zero-order chi connectivity index (χ0) is 14.8. The van der Waals surface area contributed by atoms with Crippen LogP contribution in [0.15, 0.2) is 12.3 Å². The van der Waals surface area contributed by atoms with Gasteiger partial charge in [-0.25, -0.2) is 4.98 Å². The topological polar surface area (TPSA) is 37.8 Å². The number of likely N-dealkylation sites (N-methyl/N-ethyl adjacent to an activating group) is 2. The van der Waals surface area contributed by atoms with Crippen molar-refractivity contribution in [3.05, 3.63) is 17.4 Å². The monoisotopic (exact) mass is 311 g/mol. The van der Waals surface area contributed by atoms with E-state index in [9.17, 15) is 0 Å². The SMILES string of the molecule is CN1CC[C@@H]1COc1ccnc(Cl)c1OC[C@H]1CCN1C. The third kappa shape index (κ3) is 3.25. The molecule has 0 radical (unpaired) electrons. The molecule has 0 amide bonds. The number of nitrogens with zero attached hydrogens (tertiary/aromatic N) is 3. The minimum absolute atomic E-state index is 0.372. The van der Waals surface area contributed by atoms with Crippen molar-refractivity contribution in [1.29, 1.82) is 0 Å². The molecule has 0 aromatic carbocycles. The molecular formula is C15H22ClN3O2. The van der Waals surface area contributed by atoms with E-state index >= 15 is 0 Å². The molecule has 0 bridgehead atoms. The average molecular weight is 312 g/mol. The minimum Gasteiger partial charge on any atom is -0.488 e. The standard InChI is InChI=1S/C15H22ClN3O2/c1-18-7-4-11(18)9-20-13-3-6-17-15(16)14(13)21-10-12-5-8-19(12)2/h3,6,11-12H,4-5,7-10H2,1-2H3/t11-,12-/m1/s1. The summed E-state index contributed by atoms with van der Waals surface area (Å²) in [6, 6.07) is 2.78. The van der Waals surface area contributed by atoms with Gasteiger partial charge in [0.1, 0.15) is 13.2 Å². The van der Waals surface area contributed by atoms with E-state index in [1.807, 2.05) is 6.07 Å². The predicted molar refractivity (Wildman–Crippen MR) is 82.3 cm³/mol. The van der Waals surface area contributed by atoms with Gasteiger partial charge in [0.2, 0.25) is 0 Å². The molecule has 0 spiro atoms. The van der Waals surface area contributed by atoms with Gasteiger partial charge < -0.3 is 9.47 Å². The van der Waals surface area contributed by atoms with Gasteiger partial charge in [-0.15, -0.1) is 0 Å². The Kier molecular flexibility index (Phi) is 4.52. The van der Waals surface area contributed by atoms with Gasteiger partial charge in [0.15, 0.2) is 16.7 Å². The van der Waals surface area contributed by atoms with E-state index in [0.29, 0.717) is 41.9 Å². The molecule has 1 aromatic heterocycles. The molecule has 2 aliphatic rings. The molecule has 2 fully saturated rings. The molecule has 2 aliphatic heterocycles. The van der Waals surface area contributed by atoms with E-state index in [0.717, 1.165) is 19.5 Å². The van der Waals surface area contributed by atoms with Gasteiger partial charge in [-0.1, -0.05) is 11.6 Å². The summed E-state index contributed by atoms with van der Waals surface area (Å²) in [5.74, 6) is 1.26. The highest BCUT2D eigenvalue weighted by Gasteiger charge is 2.27. The maximum atomic E-state index is 6.16. The van der Waals surface area contributed by atoms with Gasteiger partial charge in [-0.3, -0.25) is 9.80 Å². The Hall–Kier alpha value is -1.04. The van der Waals surface area contributed by atoms with Crippen molar-refractivity contribution < 1.29 is 9.47 Å². The van der Waals surface area contributed by atoms with Crippen LogP contribution in [-0.4, -0.2) is 67.3 Å². The van der Waals surface area contributed by atoms with Crippen molar-refractivity contribution >= 4 is 11.6 Å². The number of pyridine rings is 1. The number of halogens is 1. The average Bonchev–Trinajstić information content (AvgIpc) is 2.46. The molecular weight excluding hydrogens is 290 g/mol. The first-order valence-electron chi connectivity index (χ1n) is 7.45. The first kappa shape index (κ1) is 14.9. The van der Waals surface area contributed by atoms with Gasteiger partial charge in [-0.2, -0.15) is 0 Å². The fraction of sp³-hybridized carbons (Fsp3) is 0.667. The summed E-state index contributed by atoms with van der Waals surface area (Å²) < 4.78 is 11.8.